The lowest BCUT2D eigenvalue weighted by Crippen LogP contribution is -2.33. The van der Waals surface area contributed by atoms with Gasteiger partial charge in [0.1, 0.15) is 5.75 Å². The summed E-state index contributed by atoms with van der Waals surface area (Å²) in [6, 6.07) is 5.15. The average Bonchev–Trinajstić information content (AvgIpc) is 2.82. The maximum Gasteiger partial charge on any atom is 0.235 e. The fourth-order valence-corrected chi connectivity index (χ4v) is 3.47. The number of hydrogen-bond acceptors (Lipinski definition) is 4. The molecular weight excluding hydrogens is 264 g/mol. The number of sulfone groups is 1. The topological polar surface area (TPSA) is 89.3 Å². The fourth-order valence-electron chi connectivity index (χ4n) is 2.26. The highest BCUT2D eigenvalue weighted by Gasteiger charge is 2.21. The van der Waals surface area contributed by atoms with Gasteiger partial charge in [-0.3, -0.25) is 4.79 Å². The Morgan fingerprint density at radius 2 is 2.00 bits per heavy atom. The average molecular weight is 282 g/mol. The summed E-state index contributed by atoms with van der Waals surface area (Å²) in [5, 5.41) is 2.47. The van der Waals surface area contributed by atoms with E-state index in [0.29, 0.717) is 13.1 Å². The minimum atomic E-state index is -3.56. The van der Waals surface area contributed by atoms with Crippen molar-refractivity contribution in [3.63, 3.8) is 0 Å². The molecule has 0 bridgehead atoms. The van der Waals surface area contributed by atoms with E-state index in [9.17, 15) is 13.2 Å². The number of aryl methyl sites for hydroxylation is 2. The second-order valence-electron chi connectivity index (χ2n) is 4.68. The number of benzene rings is 1. The van der Waals surface area contributed by atoms with Crippen LogP contribution in [0.25, 0.3) is 0 Å². The third-order valence-corrected chi connectivity index (χ3v) is 4.83. The molecule has 5 nitrogen and oxygen atoms in total. The molecule has 3 N–H and O–H groups in total. The molecule has 0 heterocycles. The van der Waals surface area contributed by atoms with Crippen molar-refractivity contribution in [3.8, 4) is 0 Å². The van der Waals surface area contributed by atoms with Gasteiger partial charge in [0, 0.05) is 13.1 Å². The monoisotopic (exact) mass is 282 g/mol. The van der Waals surface area contributed by atoms with E-state index in [4.69, 9.17) is 5.73 Å². The van der Waals surface area contributed by atoms with Gasteiger partial charge in [0.2, 0.25) is 5.91 Å². The van der Waals surface area contributed by atoms with Crippen LogP contribution in [0.1, 0.15) is 17.5 Å². The summed E-state index contributed by atoms with van der Waals surface area (Å²) >= 11 is 0. The highest BCUT2D eigenvalue weighted by atomic mass is 32.2. The highest BCUT2D eigenvalue weighted by molar-refractivity contribution is 7.92. The van der Waals surface area contributed by atoms with Crippen LogP contribution in [-0.2, 0) is 27.5 Å². The summed E-state index contributed by atoms with van der Waals surface area (Å²) in [4.78, 5) is 11.7. The Bertz CT molecular complexity index is 582. The number of carbonyl (C=O) groups excluding carboxylic acids is 1. The molecule has 0 radical (unpaired) electrons. The van der Waals surface area contributed by atoms with Crippen molar-refractivity contribution < 1.29 is 13.2 Å². The molecule has 0 fully saturated rings. The van der Waals surface area contributed by atoms with Crippen LogP contribution < -0.4 is 11.1 Å². The lowest BCUT2D eigenvalue weighted by atomic mass is 10.1. The third-order valence-electron chi connectivity index (χ3n) is 3.22. The largest absolute Gasteiger partial charge is 0.354 e. The van der Waals surface area contributed by atoms with E-state index in [0.717, 1.165) is 24.8 Å². The molecule has 1 aliphatic carbocycles. The summed E-state index contributed by atoms with van der Waals surface area (Å²) in [6.45, 7) is 0.586. The van der Waals surface area contributed by atoms with Crippen LogP contribution in [0.5, 0.6) is 0 Å². The maximum absolute atomic E-state index is 12.1. The van der Waals surface area contributed by atoms with Gasteiger partial charge in [-0.1, -0.05) is 6.07 Å². The van der Waals surface area contributed by atoms with Crippen LogP contribution in [0, 0.1) is 0 Å². The van der Waals surface area contributed by atoms with E-state index >= 15 is 0 Å². The first-order valence-electron chi connectivity index (χ1n) is 6.34. The van der Waals surface area contributed by atoms with Gasteiger partial charge in [-0.15, -0.1) is 0 Å². The van der Waals surface area contributed by atoms with Gasteiger partial charge in [-0.05, 0) is 42.5 Å². The summed E-state index contributed by atoms with van der Waals surface area (Å²) in [6.07, 6.45) is 2.99. The SMILES string of the molecule is NCCNC(=O)CS(=O)(=O)c1ccc2c(c1)CCC2. The van der Waals surface area contributed by atoms with Crippen molar-refractivity contribution in [1.29, 1.82) is 0 Å². The van der Waals surface area contributed by atoms with Crippen LogP contribution in [0.4, 0.5) is 0 Å². The Kier molecular flexibility index (Phi) is 4.21. The zero-order valence-electron chi connectivity index (χ0n) is 10.7. The van der Waals surface area contributed by atoms with Gasteiger partial charge >= 0.3 is 0 Å². The second-order valence-corrected chi connectivity index (χ2v) is 6.67. The first-order chi connectivity index (χ1) is 9.03. The van der Waals surface area contributed by atoms with Gasteiger partial charge < -0.3 is 11.1 Å². The summed E-state index contributed by atoms with van der Waals surface area (Å²) in [5.74, 6) is -1.03. The summed E-state index contributed by atoms with van der Waals surface area (Å²) in [7, 11) is -3.56. The van der Waals surface area contributed by atoms with E-state index in [1.165, 1.54) is 5.56 Å². The Hall–Kier alpha value is -1.40. The number of carbonyl (C=O) groups is 1. The van der Waals surface area contributed by atoms with Crippen LogP contribution in [-0.4, -0.2) is 33.2 Å². The number of fused-ring (bicyclic) bond motifs is 1. The molecule has 19 heavy (non-hydrogen) atoms. The molecule has 1 aromatic carbocycles. The van der Waals surface area contributed by atoms with Crippen molar-refractivity contribution in [3.05, 3.63) is 29.3 Å². The number of amides is 1. The Balaban J connectivity index is 2.13. The van der Waals surface area contributed by atoms with Crippen LogP contribution in [0.3, 0.4) is 0 Å². The summed E-state index contributed by atoms with van der Waals surface area (Å²) in [5.41, 5.74) is 7.55. The van der Waals surface area contributed by atoms with Gasteiger partial charge in [-0.25, -0.2) is 8.42 Å². The van der Waals surface area contributed by atoms with Gasteiger partial charge in [-0.2, -0.15) is 0 Å². The molecule has 1 aromatic rings. The smallest absolute Gasteiger partial charge is 0.235 e. The van der Waals surface area contributed by atoms with E-state index < -0.39 is 21.5 Å². The minimum Gasteiger partial charge on any atom is -0.354 e. The number of hydrogen-bond donors (Lipinski definition) is 2. The van der Waals surface area contributed by atoms with E-state index in [2.05, 4.69) is 5.32 Å². The molecule has 1 amide bonds. The minimum absolute atomic E-state index is 0.232. The second kappa shape index (κ2) is 5.71. The lowest BCUT2D eigenvalue weighted by molar-refractivity contribution is -0.118. The molecule has 0 aliphatic heterocycles. The molecule has 2 rings (SSSR count). The van der Waals surface area contributed by atoms with Gasteiger partial charge in [0.05, 0.1) is 4.90 Å². The molecule has 0 atom stereocenters. The fraction of sp³-hybridized carbons (Fsp3) is 0.462. The normalized spacial score (nSPS) is 14.2. The van der Waals surface area contributed by atoms with Crippen molar-refractivity contribution in [2.75, 3.05) is 18.8 Å². The molecule has 0 spiro atoms. The maximum atomic E-state index is 12.1. The predicted molar refractivity (Wildman–Crippen MR) is 72.6 cm³/mol. The molecule has 104 valence electrons. The van der Waals surface area contributed by atoms with Crippen molar-refractivity contribution in [2.45, 2.75) is 24.2 Å². The number of rotatable bonds is 5. The van der Waals surface area contributed by atoms with Crippen molar-refractivity contribution >= 4 is 15.7 Å². The quantitative estimate of drug-likeness (QED) is 0.797. The lowest BCUT2D eigenvalue weighted by Gasteiger charge is -2.07. The molecule has 0 saturated carbocycles. The Morgan fingerprint density at radius 3 is 2.74 bits per heavy atom. The summed E-state index contributed by atoms with van der Waals surface area (Å²) < 4.78 is 24.2. The first kappa shape index (κ1) is 14.0. The molecule has 0 unspecified atom stereocenters. The third kappa shape index (κ3) is 3.33. The van der Waals surface area contributed by atoms with E-state index in [1.54, 1.807) is 12.1 Å². The number of nitrogens with one attached hydrogen (secondary N) is 1. The van der Waals surface area contributed by atoms with E-state index in [-0.39, 0.29) is 4.90 Å². The standard InChI is InChI=1S/C13H18N2O3S/c14-6-7-15-13(16)9-19(17,18)12-5-4-10-2-1-3-11(10)8-12/h4-5,8H,1-3,6-7,9,14H2,(H,15,16). The molecule has 0 aromatic heterocycles. The Morgan fingerprint density at radius 1 is 1.26 bits per heavy atom. The predicted octanol–water partition coefficient (Wildman–Crippen LogP) is 0.0239. The number of nitrogens with two attached hydrogens (primary N) is 1. The van der Waals surface area contributed by atoms with Gasteiger partial charge in [0.15, 0.2) is 9.84 Å². The van der Waals surface area contributed by atoms with E-state index in [1.807, 2.05) is 6.07 Å². The Labute approximate surface area is 113 Å². The molecule has 0 saturated heterocycles. The molecule has 1 aliphatic rings. The molecular formula is C13H18N2O3S. The van der Waals surface area contributed by atoms with Crippen molar-refractivity contribution in [1.82, 2.24) is 5.32 Å². The zero-order valence-corrected chi connectivity index (χ0v) is 11.5. The first-order valence-corrected chi connectivity index (χ1v) is 7.99. The van der Waals surface area contributed by atoms with Crippen LogP contribution in [0.15, 0.2) is 23.1 Å². The van der Waals surface area contributed by atoms with Crippen LogP contribution in [0.2, 0.25) is 0 Å². The van der Waals surface area contributed by atoms with Gasteiger partial charge in [0.25, 0.3) is 0 Å². The highest BCUT2D eigenvalue weighted by Crippen LogP contribution is 2.25. The van der Waals surface area contributed by atoms with Crippen molar-refractivity contribution in [2.24, 2.45) is 5.73 Å². The van der Waals surface area contributed by atoms with Crippen LogP contribution >= 0.6 is 0 Å². The molecule has 6 heteroatoms. The zero-order chi connectivity index (χ0) is 13.9.